The van der Waals surface area contributed by atoms with Gasteiger partial charge in [0.25, 0.3) is 10.0 Å². The predicted molar refractivity (Wildman–Crippen MR) is 168 cm³/mol. The Labute approximate surface area is 266 Å². The fraction of sp³-hybridized carbons (Fsp3) is 0.355. The second-order valence-electron chi connectivity index (χ2n) is 11.1. The number of carbonyl (C=O) groups excluding carboxylic acids is 2. The summed E-state index contributed by atoms with van der Waals surface area (Å²) in [5.74, 6) is 1.03. The average molecular weight is 659 g/mol. The molecule has 240 valence electrons. The number of aliphatic hydroxyl groups is 1. The highest BCUT2D eigenvalue weighted by Crippen LogP contribution is 2.34. The molecule has 3 atom stereocenters. The molecule has 5 rings (SSSR count). The third-order valence-electron chi connectivity index (χ3n) is 7.72. The van der Waals surface area contributed by atoms with E-state index in [1.165, 1.54) is 29.2 Å². The number of sulfonamides is 1. The van der Waals surface area contributed by atoms with Crippen LogP contribution in [0.25, 0.3) is 0 Å². The van der Waals surface area contributed by atoms with Gasteiger partial charge in [0.05, 0.1) is 30.5 Å². The fourth-order valence-corrected chi connectivity index (χ4v) is 6.26. The SMILES string of the molecule is C[C@@H]1CN([C@@H](C)CO)C(=O)Cc2cc(NS(=O)(=O)c3ccc(Cl)cc3)ccc2O[C@@H]1CN(C)C(=O)Nc1ccc2c(c1)OCO2. The molecule has 2 aliphatic heterocycles. The van der Waals surface area contributed by atoms with Gasteiger partial charge in [0.2, 0.25) is 12.7 Å². The highest BCUT2D eigenvalue weighted by Gasteiger charge is 2.32. The third-order valence-corrected chi connectivity index (χ3v) is 9.37. The van der Waals surface area contributed by atoms with Crippen LogP contribution in [0, 0.1) is 5.92 Å². The zero-order chi connectivity index (χ0) is 32.3. The normalized spacial score (nSPS) is 18.5. The van der Waals surface area contributed by atoms with Crippen molar-refractivity contribution >= 4 is 44.9 Å². The van der Waals surface area contributed by atoms with Gasteiger partial charge in [0.15, 0.2) is 11.5 Å². The van der Waals surface area contributed by atoms with E-state index in [0.29, 0.717) is 33.5 Å². The summed E-state index contributed by atoms with van der Waals surface area (Å²) in [6.45, 7) is 3.98. The number of amides is 3. The number of hydrogen-bond acceptors (Lipinski definition) is 8. The van der Waals surface area contributed by atoms with Crippen LogP contribution in [0.3, 0.4) is 0 Å². The summed E-state index contributed by atoms with van der Waals surface area (Å²) in [6, 6.07) is 14.8. The summed E-state index contributed by atoms with van der Waals surface area (Å²) in [6.07, 6.45) is -0.650. The monoisotopic (exact) mass is 658 g/mol. The maximum absolute atomic E-state index is 13.5. The van der Waals surface area contributed by atoms with Crippen molar-refractivity contribution in [2.75, 3.05) is 43.6 Å². The molecule has 0 aromatic heterocycles. The van der Waals surface area contributed by atoms with Crippen molar-refractivity contribution in [1.29, 1.82) is 0 Å². The number of halogens is 1. The molecule has 0 bridgehead atoms. The number of anilines is 2. The molecule has 0 radical (unpaired) electrons. The Kier molecular flexibility index (Phi) is 9.61. The van der Waals surface area contributed by atoms with Crippen molar-refractivity contribution in [2.24, 2.45) is 5.92 Å². The van der Waals surface area contributed by atoms with Crippen molar-refractivity contribution in [1.82, 2.24) is 9.80 Å². The number of nitrogens with one attached hydrogen (secondary N) is 2. The maximum atomic E-state index is 13.5. The molecule has 2 aliphatic rings. The topological polar surface area (TPSA) is 147 Å². The van der Waals surface area contributed by atoms with Crippen molar-refractivity contribution in [3.63, 3.8) is 0 Å². The van der Waals surface area contributed by atoms with Crippen LogP contribution in [-0.2, 0) is 21.2 Å². The van der Waals surface area contributed by atoms with Crippen LogP contribution in [0.4, 0.5) is 16.2 Å². The zero-order valence-corrected chi connectivity index (χ0v) is 26.6. The van der Waals surface area contributed by atoms with Gasteiger partial charge in [-0.2, -0.15) is 0 Å². The smallest absolute Gasteiger partial charge is 0.321 e. The van der Waals surface area contributed by atoms with E-state index >= 15 is 0 Å². The van der Waals surface area contributed by atoms with Crippen molar-refractivity contribution in [3.8, 4) is 17.2 Å². The summed E-state index contributed by atoms with van der Waals surface area (Å²) in [5, 5.41) is 13.2. The van der Waals surface area contributed by atoms with E-state index in [9.17, 15) is 23.1 Å². The Bertz CT molecular complexity index is 1670. The Morgan fingerprint density at radius 3 is 2.49 bits per heavy atom. The van der Waals surface area contributed by atoms with E-state index in [2.05, 4.69) is 10.0 Å². The third kappa shape index (κ3) is 7.55. The zero-order valence-electron chi connectivity index (χ0n) is 25.0. The van der Waals surface area contributed by atoms with Gasteiger partial charge >= 0.3 is 6.03 Å². The highest BCUT2D eigenvalue weighted by molar-refractivity contribution is 7.92. The van der Waals surface area contributed by atoms with Gasteiger partial charge in [-0.15, -0.1) is 0 Å². The lowest BCUT2D eigenvalue weighted by atomic mass is 10.0. The molecule has 0 saturated heterocycles. The largest absolute Gasteiger partial charge is 0.488 e. The predicted octanol–water partition coefficient (Wildman–Crippen LogP) is 4.18. The van der Waals surface area contributed by atoms with E-state index in [4.69, 9.17) is 25.8 Å². The van der Waals surface area contributed by atoms with Crippen molar-refractivity contribution in [3.05, 3.63) is 71.2 Å². The molecular weight excluding hydrogens is 624 g/mol. The van der Waals surface area contributed by atoms with Crippen molar-refractivity contribution < 1.29 is 37.3 Å². The highest BCUT2D eigenvalue weighted by atomic mass is 35.5. The van der Waals surface area contributed by atoms with Crippen LogP contribution >= 0.6 is 11.6 Å². The lowest BCUT2D eigenvalue weighted by molar-refractivity contribution is -0.134. The van der Waals surface area contributed by atoms with E-state index in [1.807, 2.05) is 6.92 Å². The van der Waals surface area contributed by atoms with Crippen LogP contribution < -0.4 is 24.2 Å². The summed E-state index contributed by atoms with van der Waals surface area (Å²) in [4.78, 5) is 29.8. The van der Waals surface area contributed by atoms with Crippen LogP contribution in [0.5, 0.6) is 17.2 Å². The molecule has 45 heavy (non-hydrogen) atoms. The number of carbonyl (C=O) groups is 2. The molecule has 3 aromatic carbocycles. The second kappa shape index (κ2) is 13.4. The molecule has 0 saturated carbocycles. The standard InChI is InChI=1S/C31H35ClN4O8S/c1-19-15-36(20(2)17-37)30(38)13-21-12-24(34-45(40,41)25-8-4-22(32)5-9-25)7-10-26(21)44-29(19)16-35(3)31(39)33-23-6-11-27-28(14-23)43-18-42-27/h4-12,14,19-20,29,34,37H,13,15-18H2,1-3H3,(H,33,39)/t19-,20+,29-/m1/s1. The molecule has 3 amide bonds. The summed E-state index contributed by atoms with van der Waals surface area (Å²) in [5.41, 5.74) is 1.23. The van der Waals surface area contributed by atoms with Crippen LogP contribution in [0.15, 0.2) is 65.6 Å². The molecule has 3 aromatic rings. The quantitative estimate of drug-likeness (QED) is 0.327. The molecule has 2 heterocycles. The molecule has 12 nitrogen and oxygen atoms in total. The summed E-state index contributed by atoms with van der Waals surface area (Å²) in [7, 11) is -2.30. The van der Waals surface area contributed by atoms with Crippen LogP contribution in [0.2, 0.25) is 5.02 Å². The van der Waals surface area contributed by atoms with E-state index in [0.717, 1.165) is 0 Å². The van der Waals surface area contributed by atoms with E-state index < -0.39 is 22.2 Å². The average Bonchev–Trinajstić information content (AvgIpc) is 3.48. The first-order chi connectivity index (χ1) is 21.4. The summed E-state index contributed by atoms with van der Waals surface area (Å²) >= 11 is 5.91. The molecule has 14 heteroatoms. The van der Waals surface area contributed by atoms with E-state index in [-0.39, 0.29) is 61.3 Å². The first-order valence-electron chi connectivity index (χ1n) is 14.3. The minimum atomic E-state index is -3.94. The van der Waals surface area contributed by atoms with Gasteiger partial charge in [0, 0.05) is 47.5 Å². The van der Waals surface area contributed by atoms with Gasteiger partial charge in [-0.1, -0.05) is 18.5 Å². The first kappa shape index (κ1) is 32.2. The number of likely N-dealkylation sites (N-methyl/N-ethyl adjacent to an activating group) is 1. The van der Waals surface area contributed by atoms with Gasteiger partial charge < -0.3 is 34.4 Å². The number of urea groups is 1. The molecule has 0 fully saturated rings. The Morgan fingerprint density at radius 1 is 1.07 bits per heavy atom. The number of ether oxygens (including phenoxy) is 3. The van der Waals surface area contributed by atoms with E-state index in [1.54, 1.807) is 55.3 Å². The van der Waals surface area contributed by atoms with Gasteiger partial charge in [-0.3, -0.25) is 9.52 Å². The number of benzene rings is 3. The lowest BCUT2D eigenvalue weighted by Crippen LogP contribution is -2.48. The molecule has 0 spiro atoms. The van der Waals surface area contributed by atoms with Crippen LogP contribution in [-0.4, -0.2) is 80.9 Å². The Balaban J connectivity index is 1.38. The summed E-state index contributed by atoms with van der Waals surface area (Å²) < 4.78 is 45.8. The minimum absolute atomic E-state index is 0.0293. The number of rotatable bonds is 8. The maximum Gasteiger partial charge on any atom is 0.321 e. The minimum Gasteiger partial charge on any atom is -0.488 e. The number of fused-ring (bicyclic) bond motifs is 2. The molecule has 0 aliphatic carbocycles. The van der Waals surface area contributed by atoms with Crippen LogP contribution in [0.1, 0.15) is 19.4 Å². The fourth-order valence-electron chi connectivity index (χ4n) is 5.08. The Hall–Kier alpha value is -4.20. The molecular formula is C31H35ClN4O8S. The van der Waals surface area contributed by atoms with Gasteiger partial charge in [-0.05, 0) is 61.5 Å². The molecule has 3 N–H and O–H groups in total. The second-order valence-corrected chi connectivity index (χ2v) is 13.3. The number of aliphatic hydroxyl groups excluding tert-OH is 1. The Morgan fingerprint density at radius 2 is 1.76 bits per heavy atom. The number of nitrogens with zero attached hydrogens (tertiary/aromatic N) is 2. The molecule has 0 unspecified atom stereocenters. The first-order valence-corrected chi connectivity index (χ1v) is 16.2. The van der Waals surface area contributed by atoms with Gasteiger partial charge in [-0.25, -0.2) is 13.2 Å². The number of hydrogen-bond donors (Lipinski definition) is 3. The van der Waals surface area contributed by atoms with Crippen molar-refractivity contribution in [2.45, 2.75) is 37.3 Å². The van der Waals surface area contributed by atoms with Gasteiger partial charge in [0.1, 0.15) is 11.9 Å². The lowest BCUT2D eigenvalue weighted by Gasteiger charge is -2.34.